The van der Waals surface area contributed by atoms with Crippen LogP contribution in [0.5, 0.6) is 0 Å². The largest absolute Gasteiger partial charge is 0.445 e. The summed E-state index contributed by atoms with van der Waals surface area (Å²) in [5, 5.41) is 3.25. The van der Waals surface area contributed by atoms with Crippen LogP contribution in [0.2, 0.25) is 0 Å². The summed E-state index contributed by atoms with van der Waals surface area (Å²) < 4.78 is 5.36. The SMILES string of the molecule is Cc1cnc(CNCc2ncccc2C)o1. The number of oxazole rings is 1. The zero-order valence-corrected chi connectivity index (χ0v) is 9.53. The lowest BCUT2D eigenvalue weighted by Gasteiger charge is -2.04. The second-order valence-corrected chi connectivity index (χ2v) is 3.74. The molecule has 0 unspecified atom stereocenters. The van der Waals surface area contributed by atoms with Crippen LogP contribution in [0.1, 0.15) is 22.9 Å². The van der Waals surface area contributed by atoms with Crippen molar-refractivity contribution in [3.63, 3.8) is 0 Å². The highest BCUT2D eigenvalue weighted by Gasteiger charge is 2.01. The zero-order chi connectivity index (χ0) is 11.4. The maximum absolute atomic E-state index is 5.36. The van der Waals surface area contributed by atoms with Crippen molar-refractivity contribution in [1.29, 1.82) is 0 Å². The number of aromatic nitrogens is 2. The highest BCUT2D eigenvalue weighted by Crippen LogP contribution is 2.04. The van der Waals surface area contributed by atoms with Crippen LogP contribution in [0, 0.1) is 13.8 Å². The molecule has 0 aliphatic carbocycles. The minimum atomic E-state index is 0.629. The highest BCUT2D eigenvalue weighted by molar-refractivity contribution is 5.17. The second kappa shape index (κ2) is 4.90. The lowest BCUT2D eigenvalue weighted by atomic mass is 10.2. The Morgan fingerprint density at radius 1 is 1.25 bits per heavy atom. The Bertz CT molecular complexity index is 465. The standard InChI is InChI=1S/C12H15N3O/c1-9-4-3-5-14-11(9)7-13-8-12-15-6-10(2)16-12/h3-6,13H,7-8H2,1-2H3. The quantitative estimate of drug-likeness (QED) is 0.850. The summed E-state index contributed by atoms with van der Waals surface area (Å²) in [6.07, 6.45) is 3.53. The molecule has 0 bridgehead atoms. The normalized spacial score (nSPS) is 10.6. The van der Waals surface area contributed by atoms with Gasteiger partial charge in [0.15, 0.2) is 0 Å². The van der Waals surface area contributed by atoms with Gasteiger partial charge in [-0.25, -0.2) is 4.98 Å². The van der Waals surface area contributed by atoms with Gasteiger partial charge in [0, 0.05) is 12.7 Å². The van der Waals surface area contributed by atoms with Crippen LogP contribution in [0.3, 0.4) is 0 Å². The number of nitrogens with one attached hydrogen (secondary N) is 1. The summed E-state index contributed by atoms with van der Waals surface area (Å²) in [5.74, 6) is 1.55. The van der Waals surface area contributed by atoms with E-state index in [9.17, 15) is 0 Å². The molecule has 0 aliphatic rings. The monoisotopic (exact) mass is 217 g/mol. The van der Waals surface area contributed by atoms with Gasteiger partial charge in [0.2, 0.25) is 5.89 Å². The van der Waals surface area contributed by atoms with Gasteiger partial charge in [0.05, 0.1) is 18.4 Å². The van der Waals surface area contributed by atoms with Gasteiger partial charge >= 0.3 is 0 Å². The van der Waals surface area contributed by atoms with Crippen LogP contribution in [0.4, 0.5) is 0 Å². The van der Waals surface area contributed by atoms with Gasteiger partial charge in [0.25, 0.3) is 0 Å². The molecule has 2 rings (SSSR count). The molecule has 0 aliphatic heterocycles. The van der Waals surface area contributed by atoms with Crippen LogP contribution in [0.25, 0.3) is 0 Å². The summed E-state index contributed by atoms with van der Waals surface area (Å²) >= 11 is 0. The van der Waals surface area contributed by atoms with Crippen molar-refractivity contribution in [2.75, 3.05) is 0 Å². The van der Waals surface area contributed by atoms with Gasteiger partial charge in [-0.1, -0.05) is 6.07 Å². The lowest BCUT2D eigenvalue weighted by molar-refractivity contribution is 0.448. The third-order valence-electron chi connectivity index (χ3n) is 2.36. The molecule has 4 heteroatoms. The first-order valence-electron chi connectivity index (χ1n) is 5.28. The van der Waals surface area contributed by atoms with Crippen molar-refractivity contribution < 1.29 is 4.42 Å². The number of hydrogen-bond acceptors (Lipinski definition) is 4. The molecule has 0 amide bonds. The third-order valence-corrected chi connectivity index (χ3v) is 2.36. The van der Waals surface area contributed by atoms with Crippen LogP contribution in [-0.4, -0.2) is 9.97 Å². The Morgan fingerprint density at radius 3 is 2.81 bits per heavy atom. The van der Waals surface area contributed by atoms with Crippen LogP contribution in [0.15, 0.2) is 28.9 Å². The van der Waals surface area contributed by atoms with Crippen molar-refractivity contribution in [3.05, 3.63) is 47.4 Å². The molecule has 0 saturated carbocycles. The smallest absolute Gasteiger partial charge is 0.208 e. The van der Waals surface area contributed by atoms with Gasteiger partial charge < -0.3 is 9.73 Å². The molecule has 0 radical (unpaired) electrons. The van der Waals surface area contributed by atoms with E-state index in [2.05, 4.69) is 28.3 Å². The molecule has 2 heterocycles. The van der Waals surface area contributed by atoms with E-state index in [1.165, 1.54) is 5.56 Å². The van der Waals surface area contributed by atoms with E-state index in [-0.39, 0.29) is 0 Å². The fourth-order valence-corrected chi connectivity index (χ4v) is 1.47. The molecule has 2 aromatic rings. The molecule has 0 atom stereocenters. The van der Waals surface area contributed by atoms with Crippen molar-refractivity contribution >= 4 is 0 Å². The average molecular weight is 217 g/mol. The van der Waals surface area contributed by atoms with E-state index in [0.29, 0.717) is 12.4 Å². The Labute approximate surface area is 94.7 Å². The lowest BCUT2D eigenvalue weighted by Crippen LogP contribution is -2.14. The van der Waals surface area contributed by atoms with Crippen LogP contribution in [-0.2, 0) is 13.1 Å². The van der Waals surface area contributed by atoms with Crippen molar-refractivity contribution in [2.45, 2.75) is 26.9 Å². The molecule has 0 fully saturated rings. The molecule has 0 spiro atoms. The summed E-state index contributed by atoms with van der Waals surface area (Å²) in [4.78, 5) is 8.42. The Morgan fingerprint density at radius 2 is 2.12 bits per heavy atom. The van der Waals surface area contributed by atoms with E-state index >= 15 is 0 Å². The minimum absolute atomic E-state index is 0.629. The second-order valence-electron chi connectivity index (χ2n) is 3.74. The van der Waals surface area contributed by atoms with Gasteiger partial charge in [0.1, 0.15) is 5.76 Å². The predicted molar refractivity (Wildman–Crippen MR) is 60.8 cm³/mol. The molecule has 1 N–H and O–H groups in total. The van der Waals surface area contributed by atoms with Crippen LogP contribution >= 0.6 is 0 Å². The highest BCUT2D eigenvalue weighted by atomic mass is 16.4. The summed E-state index contributed by atoms with van der Waals surface area (Å²) in [6, 6.07) is 4.00. The van der Waals surface area contributed by atoms with E-state index in [1.54, 1.807) is 12.4 Å². The first-order valence-corrected chi connectivity index (χ1v) is 5.28. The Balaban J connectivity index is 1.87. The van der Waals surface area contributed by atoms with Crippen molar-refractivity contribution in [2.24, 2.45) is 0 Å². The molecular weight excluding hydrogens is 202 g/mol. The molecule has 0 saturated heterocycles. The van der Waals surface area contributed by atoms with E-state index in [4.69, 9.17) is 4.42 Å². The number of rotatable bonds is 4. The van der Waals surface area contributed by atoms with Crippen molar-refractivity contribution in [1.82, 2.24) is 15.3 Å². The Hall–Kier alpha value is -1.68. The number of hydrogen-bond donors (Lipinski definition) is 1. The maximum Gasteiger partial charge on any atom is 0.208 e. The average Bonchev–Trinajstić information content (AvgIpc) is 2.67. The predicted octanol–water partition coefficient (Wildman–Crippen LogP) is 1.98. The van der Waals surface area contributed by atoms with Gasteiger partial charge in [-0.05, 0) is 25.5 Å². The molecular formula is C12H15N3O. The van der Waals surface area contributed by atoms with Crippen molar-refractivity contribution in [3.8, 4) is 0 Å². The fraction of sp³-hybridized carbons (Fsp3) is 0.333. The molecule has 84 valence electrons. The molecule has 2 aromatic heterocycles. The first kappa shape index (κ1) is 10.8. The van der Waals surface area contributed by atoms with E-state index < -0.39 is 0 Å². The molecule has 0 aromatic carbocycles. The van der Waals surface area contributed by atoms with Gasteiger partial charge in [-0.15, -0.1) is 0 Å². The molecule has 16 heavy (non-hydrogen) atoms. The summed E-state index contributed by atoms with van der Waals surface area (Å²) in [5.41, 5.74) is 2.25. The first-order chi connectivity index (χ1) is 7.75. The van der Waals surface area contributed by atoms with Crippen LogP contribution < -0.4 is 5.32 Å². The van der Waals surface area contributed by atoms with Gasteiger partial charge in [-0.3, -0.25) is 4.98 Å². The van der Waals surface area contributed by atoms with E-state index in [1.807, 2.05) is 13.0 Å². The molecule has 4 nitrogen and oxygen atoms in total. The number of nitrogens with zero attached hydrogens (tertiary/aromatic N) is 2. The number of pyridine rings is 1. The Kier molecular flexibility index (Phi) is 3.31. The number of aryl methyl sites for hydroxylation is 2. The summed E-state index contributed by atoms with van der Waals surface area (Å²) in [7, 11) is 0. The van der Waals surface area contributed by atoms with E-state index in [0.717, 1.165) is 18.0 Å². The van der Waals surface area contributed by atoms with Gasteiger partial charge in [-0.2, -0.15) is 0 Å². The minimum Gasteiger partial charge on any atom is -0.445 e. The summed E-state index contributed by atoms with van der Waals surface area (Å²) in [6.45, 7) is 5.30. The zero-order valence-electron chi connectivity index (χ0n) is 9.53. The third kappa shape index (κ3) is 2.67. The topological polar surface area (TPSA) is 51.0 Å². The maximum atomic E-state index is 5.36. The fourth-order valence-electron chi connectivity index (χ4n) is 1.47.